The molecule has 1 aromatic carbocycles. The Morgan fingerprint density at radius 1 is 1.17 bits per heavy atom. The molecule has 7 nitrogen and oxygen atoms in total. The van der Waals surface area contributed by atoms with E-state index < -0.39 is 5.66 Å². The minimum Gasteiger partial charge on any atom is -0.381 e. The highest BCUT2D eigenvalue weighted by Crippen LogP contribution is 2.46. The number of anilines is 1. The fourth-order valence-electron chi connectivity index (χ4n) is 5.41. The summed E-state index contributed by atoms with van der Waals surface area (Å²) in [7, 11) is 0. The maximum atomic E-state index is 13.3. The van der Waals surface area contributed by atoms with Crippen molar-refractivity contribution in [2.24, 2.45) is 5.92 Å². The van der Waals surface area contributed by atoms with Gasteiger partial charge in [0.2, 0.25) is 11.8 Å². The first-order valence-corrected chi connectivity index (χ1v) is 10.6. The number of carbonyl (C=O) groups excluding carboxylic acids is 3. The lowest BCUT2D eigenvalue weighted by atomic mass is 9.84. The van der Waals surface area contributed by atoms with Crippen molar-refractivity contribution >= 4 is 23.4 Å². The number of nitrogens with zero attached hydrogens (tertiary/aromatic N) is 2. The van der Waals surface area contributed by atoms with Gasteiger partial charge >= 0.3 is 0 Å². The smallest absolute Gasteiger partial charge is 0.258 e. The van der Waals surface area contributed by atoms with Gasteiger partial charge in [0.1, 0.15) is 12.2 Å². The average Bonchev–Trinajstić information content (AvgIpc) is 3.52. The van der Waals surface area contributed by atoms with Crippen LogP contribution in [0.5, 0.6) is 0 Å². The third-order valence-corrected chi connectivity index (χ3v) is 7.18. The molecule has 0 spiro atoms. The van der Waals surface area contributed by atoms with Crippen LogP contribution in [0.25, 0.3) is 0 Å². The highest BCUT2D eigenvalue weighted by Gasteiger charge is 2.54. The number of nitrogens with one attached hydrogen (secondary N) is 1. The molecule has 154 valence electrons. The van der Waals surface area contributed by atoms with Gasteiger partial charge in [-0.05, 0) is 57.1 Å². The van der Waals surface area contributed by atoms with Crippen molar-refractivity contribution in [1.82, 2.24) is 10.2 Å². The maximum Gasteiger partial charge on any atom is 0.258 e. The van der Waals surface area contributed by atoms with Crippen LogP contribution in [0.2, 0.25) is 0 Å². The number of ether oxygens (including phenoxy) is 1. The zero-order valence-corrected chi connectivity index (χ0v) is 16.8. The highest BCUT2D eigenvalue weighted by molar-refractivity contribution is 6.11. The molecule has 1 atom stereocenters. The first kappa shape index (κ1) is 18.6. The van der Waals surface area contributed by atoms with E-state index in [9.17, 15) is 14.4 Å². The summed E-state index contributed by atoms with van der Waals surface area (Å²) in [6, 6.07) is 7.18. The Morgan fingerprint density at radius 3 is 2.62 bits per heavy atom. The van der Waals surface area contributed by atoms with E-state index in [1.165, 1.54) is 0 Å². The van der Waals surface area contributed by atoms with Crippen LogP contribution < -0.4 is 10.2 Å². The van der Waals surface area contributed by atoms with Gasteiger partial charge in [-0.3, -0.25) is 19.3 Å². The summed E-state index contributed by atoms with van der Waals surface area (Å²) in [5.74, 6) is 0.175. The van der Waals surface area contributed by atoms with Crippen molar-refractivity contribution in [2.75, 3.05) is 24.7 Å². The molecule has 3 fully saturated rings. The maximum absolute atomic E-state index is 13.3. The minimum atomic E-state index is -0.803. The van der Waals surface area contributed by atoms with Crippen LogP contribution in [0.4, 0.5) is 5.69 Å². The van der Waals surface area contributed by atoms with Crippen LogP contribution in [0.15, 0.2) is 24.3 Å². The van der Waals surface area contributed by atoms with Gasteiger partial charge < -0.3 is 15.0 Å². The van der Waals surface area contributed by atoms with Crippen LogP contribution in [0.1, 0.15) is 55.8 Å². The molecular weight excluding hydrogens is 370 g/mol. The van der Waals surface area contributed by atoms with Crippen molar-refractivity contribution < 1.29 is 19.1 Å². The quantitative estimate of drug-likeness (QED) is 0.844. The number of hydrogen-bond donors (Lipinski definition) is 1. The summed E-state index contributed by atoms with van der Waals surface area (Å²) >= 11 is 0. The number of hydrogen-bond acceptors (Lipinski definition) is 4. The second kappa shape index (κ2) is 6.55. The first-order chi connectivity index (χ1) is 13.9. The monoisotopic (exact) mass is 397 g/mol. The van der Waals surface area contributed by atoms with Gasteiger partial charge in [-0.1, -0.05) is 12.1 Å². The summed E-state index contributed by atoms with van der Waals surface area (Å²) < 4.78 is 5.51. The molecular formula is C22H27N3O4. The lowest BCUT2D eigenvalue weighted by molar-refractivity contribution is -0.127. The van der Waals surface area contributed by atoms with Gasteiger partial charge in [0.15, 0.2) is 0 Å². The molecule has 1 N–H and O–H groups in total. The van der Waals surface area contributed by atoms with E-state index in [1.54, 1.807) is 21.9 Å². The van der Waals surface area contributed by atoms with Crippen LogP contribution in [0.3, 0.4) is 0 Å². The van der Waals surface area contributed by atoms with Crippen molar-refractivity contribution in [1.29, 1.82) is 0 Å². The number of benzene rings is 1. The zero-order valence-electron chi connectivity index (χ0n) is 16.8. The Balaban J connectivity index is 1.42. The molecule has 2 saturated heterocycles. The van der Waals surface area contributed by atoms with Crippen molar-refractivity contribution in [3.63, 3.8) is 0 Å². The van der Waals surface area contributed by atoms with Crippen LogP contribution in [-0.2, 0) is 14.3 Å². The van der Waals surface area contributed by atoms with E-state index in [-0.39, 0.29) is 29.8 Å². The summed E-state index contributed by atoms with van der Waals surface area (Å²) in [5.41, 5.74) is 0.120. The number of rotatable bonds is 4. The Bertz CT molecular complexity index is 875. The van der Waals surface area contributed by atoms with E-state index in [0.717, 1.165) is 25.7 Å². The third-order valence-electron chi connectivity index (χ3n) is 7.18. The number of carbonyl (C=O) groups is 3. The average molecular weight is 397 g/mol. The van der Waals surface area contributed by atoms with Gasteiger partial charge in [-0.25, -0.2) is 0 Å². The third kappa shape index (κ3) is 2.86. The van der Waals surface area contributed by atoms with E-state index in [2.05, 4.69) is 5.32 Å². The molecule has 3 heterocycles. The van der Waals surface area contributed by atoms with Crippen LogP contribution in [0, 0.1) is 5.92 Å². The lowest BCUT2D eigenvalue weighted by Crippen LogP contribution is -2.65. The van der Waals surface area contributed by atoms with Crippen molar-refractivity contribution in [2.45, 2.75) is 56.7 Å². The van der Waals surface area contributed by atoms with Crippen LogP contribution >= 0.6 is 0 Å². The molecule has 0 aromatic heterocycles. The van der Waals surface area contributed by atoms with E-state index >= 15 is 0 Å². The summed E-state index contributed by atoms with van der Waals surface area (Å²) in [5, 5.41) is 3.28. The largest absolute Gasteiger partial charge is 0.381 e. The first-order valence-electron chi connectivity index (χ1n) is 10.6. The highest BCUT2D eigenvalue weighted by atomic mass is 16.5. The molecule has 0 bridgehead atoms. The topological polar surface area (TPSA) is 79.0 Å². The standard InChI is InChI=1S/C22H27N3O4/c1-21-9-8-19(27)25(21)17-5-3-2-4-16(17)20(28)24(21)14-18(26)23-22(15-6-7-15)10-12-29-13-11-22/h2-5,15H,6-14H2,1H3,(H,23,26). The molecule has 7 heteroatoms. The van der Waals surface area contributed by atoms with Crippen LogP contribution in [-0.4, -0.2) is 53.6 Å². The summed E-state index contributed by atoms with van der Waals surface area (Å²) in [6.45, 7) is 3.17. The normalized spacial score (nSPS) is 28.2. The Hall–Kier alpha value is -2.41. The minimum absolute atomic E-state index is 0.00302. The number of fused-ring (bicyclic) bond motifs is 3. The number of para-hydroxylation sites is 1. The van der Waals surface area contributed by atoms with Crippen molar-refractivity contribution in [3.05, 3.63) is 29.8 Å². The molecule has 1 aromatic rings. The Morgan fingerprint density at radius 2 is 1.90 bits per heavy atom. The van der Waals surface area contributed by atoms with E-state index in [1.807, 2.05) is 19.1 Å². The lowest BCUT2D eigenvalue weighted by Gasteiger charge is -2.48. The molecule has 1 unspecified atom stereocenters. The molecule has 3 amide bonds. The Labute approximate surface area is 170 Å². The Kier molecular flexibility index (Phi) is 4.21. The SMILES string of the molecule is CC12CCC(=O)N1c1ccccc1C(=O)N2CC(=O)NC1(C2CC2)CCOCC1. The molecule has 29 heavy (non-hydrogen) atoms. The zero-order chi connectivity index (χ0) is 20.2. The van der Waals surface area contributed by atoms with Gasteiger partial charge in [0.05, 0.1) is 11.3 Å². The fraction of sp³-hybridized carbons (Fsp3) is 0.591. The fourth-order valence-corrected chi connectivity index (χ4v) is 5.41. The second-order valence-corrected chi connectivity index (χ2v) is 8.95. The van der Waals surface area contributed by atoms with E-state index in [4.69, 9.17) is 4.74 Å². The molecule has 5 rings (SSSR count). The molecule has 3 aliphatic heterocycles. The van der Waals surface area contributed by atoms with Gasteiger partial charge in [0.25, 0.3) is 5.91 Å². The molecule has 1 aliphatic carbocycles. The summed E-state index contributed by atoms with van der Waals surface area (Å²) in [6.07, 6.45) is 4.82. The molecule has 0 radical (unpaired) electrons. The summed E-state index contributed by atoms with van der Waals surface area (Å²) in [4.78, 5) is 42.4. The van der Waals surface area contributed by atoms with Gasteiger partial charge in [-0.15, -0.1) is 0 Å². The van der Waals surface area contributed by atoms with Gasteiger partial charge in [-0.2, -0.15) is 0 Å². The predicted molar refractivity (Wildman–Crippen MR) is 106 cm³/mol. The van der Waals surface area contributed by atoms with Crippen molar-refractivity contribution in [3.8, 4) is 0 Å². The predicted octanol–water partition coefficient (Wildman–Crippen LogP) is 2.06. The van der Waals surface area contributed by atoms with Gasteiger partial charge in [0, 0.05) is 25.2 Å². The molecule has 4 aliphatic rings. The number of amides is 3. The second-order valence-electron chi connectivity index (χ2n) is 8.95. The van der Waals surface area contributed by atoms with E-state index in [0.29, 0.717) is 43.2 Å². The molecule has 1 saturated carbocycles.